The topological polar surface area (TPSA) is 69.3 Å². The van der Waals surface area contributed by atoms with E-state index >= 15 is 0 Å². The van der Waals surface area contributed by atoms with E-state index in [4.69, 9.17) is 9.47 Å². The molecule has 2 N–H and O–H groups in total. The van der Waals surface area contributed by atoms with Crippen LogP contribution in [-0.2, 0) is 0 Å². The van der Waals surface area contributed by atoms with Crippen molar-refractivity contribution in [3.8, 4) is 11.5 Å². The van der Waals surface area contributed by atoms with Crippen LogP contribution in [0.2, 0.25) is 0 Å². The van der Waals surface area contributed by atoms with Gasteiger partial charge in [-0.3, -0.25) is 4.90 Å². The molecule has 1 aliphatic heterocycles. The summed E-state index contributed by atoms with van der Waals surface area (Å²) < 4.78 is 10.6. The molecular formula is C24H35N5O3. The summed E-state index contributed by atoms with van der Waals surface area (Å²) in [5.41, 5.74) is 2.95. The van der Waals surface area contributed by atoms with Crippen molar-refractivity contribution in [3.05, 3.63) is 48.0 Å². The average Bonchev–Trinajstić information content (AvgIpc) is 2.80. The van der Waals surface area contributed by atoms with Crippen molar-refractivity contribution < 1.29 is 14.3 Å². The second-order valence-corrected chi connectivity index (χ2v) is 8.24. The van der Waals surface area contributed by atoms with Crippen molar-refractivity contribution in [2.24, 2.45) is 0 Å². The molecule has 1 fully saturated rings. The molecule has 2 aromatic carbocycles. The summed E-state index contributed by atoms with van der Waals surface area (Å²) in [6, 6.07) is 13.7. The van der Waals surface area contributed by atoms with E-state index in [2.05, 4.69) is 56.6 Å². The number of nitrogens with zero attached hydrogens (tertiary/aromatic N) is 3. The fourth-order valence-corrected chi connectivity index (χ4v) is 3.84. The first-order valence-corrected chi connectivity index (χ1v) is 10.9. The zero-order valence-electron chi connectivity index (χ0n) is 19.7. The second kappa shape index (κ2) is 11.1. The first-order valence-electron chi connectivity index (χ1n) is 10.9. The molecule has 1 aliphatic rings. The third-order valence-corrected chi connectivity index (χ3v) is 5.89. The second-order valence-electron chi connectivity index (χ2n) is 8.24. The number of anilines is 2. The van der Waals surface area contributed by atoms with E-state index in [-0.39, 0.29) is 12.1 Å². The van der Waals surface area contributed by atoms with E-state index < -0.39 is 0 Å². The average molecular weight is 442 g/mol. The number of urea groups is 1. The predicted octanol–water partition coefficient (Wildman–Crippen LogP) is 2.88. The molecule has 8 heteroatoms. The molecule has 0 aromatic heterocycles. The number of nitrogens with one attached hydrogen (secondary N) is 2. The minimum Gasteiger partial charge on any atom is -0.497 e. The maximum Gasteiger partial charge on any atom is 0.319 e. The normalized spacial score (nSPS) is 15.7. The zero-order valence-corrected chi connectivity index (χ0v) is 19.7. The predicted molar refractivity (Wildman–Crippen MR) is 129 cm³/mol. The zero-order chi connectivity index (χ0) is 23.1. The van der Waals surface area contributed by atoms with Gasteiger partial charge in [-0.1, -0.05) is 12.1 Å². The van der Waals surface area contributed by atoms with Crippen LogP contribution in [0.1, 0.15) is 11.6 Å². The number of ether oxygens (including phenoxy) is 2. The number of hydrogen-bond acceptors (Lipinski definition) is 6. The standard InChI is InChI=1S/C24H35N5O3/c1-27(2)19-8-6-18(7-9-19)22(29-14-12-28(3)13-15-29)17-25-24(30)26-21-11-10-20(31-4)16-23(21)32-5/h6-11,16,22H,12-15,17H2,1-5H3,(H2,25,26,30). The molecule has 1 unspecified atom stereocenters. The van der Waals surface area contributed by atoms with Crippen molar-refractivity contribution >= 4 is 17.4 Å². The maximum atomic E-state index is 12.7. The number of methoxy groups -OCH3 is 2. The first-order chi connectivity index (χ1) is 15.4. The van der Waals surface area contributed by atoms with Gasteiger partial charge in [-0.25, -0.2) is 4.79 Å². The number of amides is 2. The Bertz CT molecular complexity index is 880. The first kappa shape index (κ1) is 23.7. The molecule has 32 heavy (non-hydrogen) atoms. The molecule has 0 radical (unpaired) electrons. The Balaban J connectivity index is 1.70. The molecule has 174 valence electrons. The van der Waals surface area contributed by atoms with Gasteiger partial charge in [0.05, 0.1) is 25.9 Å². The summed E-state index contributed by atoms with van der Waals surface area (Å²) in [6.45, 7) is 4.47. The fourth-order valence-electron chi connectivity index (χ4n) is 3.84. The van der Waals surface area contributed by atoms with Crippen LogP contribution in [0.25, 0.3) is 0 Å². The Kier molecular flexibility index (Phi) is 8.19. The SMILES string of the molecule is COc1ccc(NC(=O)NCC(c2ccc(N(C)C)cc2)N2CCN(C)CC2)c(OC)c1. The monoisotopic (exact) mass is 441 g/mol. The number of piperazine rings is 1. The van der Waals surface area contributed by atoms with E-state index in [1.54, 1.807) is 32.4 Å². The molecule has 2 aromatic rings. The Morgan fingerprint density at radius 2 is 1.72 bits per heavy atom. The third kappa shape index (κ3) is 6.05. The molecule has 3 rings (SSSR count). The van der Waals surface area contributed by atoms with Gasteiger partial charge in [0, 0.05) is 58.6 Å². The summed E-state index contributed by atoms with van der Waals surface area (Å²) in [5.74, 6) is 1.22. The Morgan fingerprint density at radius 1 is 1.03 bits per heavy atom. The van der Waals surface area contributed by atoms with E-state index in [9.17, 15) is 4.79 Å². The number of hydrogen-bond donors (Lipinski definition) is 2. The van der Waals surface area contributed by atoms with E-state index in [0.717, 1.165) is 31.9 Å². The maximum absolute atomic E-state index is 12.7. The van der Waals surface area contributed by atoms with E-state index in [1.807, 2.05) is 14.1 Å². The van der Waals surface area contributed by atoms with Crippen molar-refractivity contribution in [2.75, 3.05) is 78.3 Å². The smallest absolute Gasteiger partial charge is 0.319 e. The summed E-state index contributed by atoms with van der Waals surface area (Å²) in [4.78, 5) is 19.6. The lowest BCUT2D eigenvalue weighted by Crippen LogP contribution is -2.48. The summed E-state index contributed by atoms with van der Waals surface area (Å²) >= 11 is 0. The number of benzene rings is 2. The number of rotatable bonds is 8. The molecule has 0 aliphatic carbocycles. The van der Waals surface area contributed by atoms with Crippen LogP contribution < -0.4 is 25.0 Å². The molecule has 0 bridgehead atoms. The lowest BCUT2D eigenvalue weighted by molar-refractivity contribution is 0.111. The Labute approximate surface area is 191 Å². The molecule has 0 spiro atoms. The fraction of sp³-hybridized carbons (Fsp3) is 0.458. The Hall–Kier alpha value is -2.97. The molecule has 0 saturated carbocycles. The summed E-state index contributed by atoms with van der Waals surface area (Å²) in [5, 5.41) is 5.94. The molecule has 1 heterocycles. The molecular weight excluding hydrogens is 406 g/mol. The minimum absolute atomic E-state index is 0.100. The van der Waals surface area contributed by atoms with Crippen LogP contribution in [0.3, 0.4) is 0 Å². The molecule has 8 nitrogen and oxygen atoms in total. The van der Waals surface area contributed by atoms with Gasteiger partial charge in [0.2, 0.25) is 0 Å². The van der Waals surface area contributed by atoms with Crippen molar-refractivity contribution in [2.45, 2.75) is 6.04 Å². The van der Waals surface area contributed by atoms with Crippen LogP contribution in [0.15, 0.2) is 42.5 Å². The van der Waals surface area contributed by atoms with Gasteiger partial charge in [-0.05, 0) is 36.9 Å². The minimum atomic E-state index is -0.266. The molecule has 1 saturated heterocycles. The van der Waals surface area contributed by atoms with Gasteiger partial charge >= 0.3 is 6.03 Å². The number of carbonyl (C=O) groups is 1. The summed E-state index contributed by atoms with van der Waals surface area (Å²) in [7, 11) is 9.38. The van der Waals surface area contributed by atoms with Gasteiger partial charge in [0.1, 0.15) is 11.5 Å². The summed E-state index contributed by atoms with van der Waals surface area (Å²) in [6.07, 6.45) is 0. The highest BCUT2D eigenvalue weighted by molar-refractivity contribution is 5.91. The highest BCUT2D eigenvalue weighted by atomic mass is 16.5. The molecule has 2 amide bonds. The lowest BCUT2D eigenvalue weighted by atomic mass is 10.0. The van der Waals surface area contributed by atoms with Gasteiger partial charge in [-0.15, -0.1) is 0 Å². The van der Waals surface area contributed by atoms with Gasteiger partial charge < -0.3 is 29.9 Å². The third-order valence-electron chi connectivity index (χ3n) is 5.89. The van der Waals surface area contributed by atoms with Crippen LogP contribution in [0.5, 0.6) is 11.5 Å². The molecule has 1 atom stereocenters. The largest absolute Gasteiger partial charge is 0.497 e. The van der Waals surface area contributed by atoms with E-state index in [0.29, 0.717) is 23.7 Å². The van der Waals surface area contributed by atoms with Crippen LogP contribution in [0.4, 0.5) is 16.2 Å². The van der Waals surface area contributed by atoms with Gasteiger partial charge in [-0.2, -0.15) is 0 Å². The number of likely N-dealkylation sites (N-methyl/N-ethyl adjacent to an activating group) is 1. The van der Waals surface area contributed by atoms with Crippen LogP contribution >= 0.6 is 0 Å². The van der Waals surface area contributed by atoms with Crippen molar-refractivity contribution in [1.82, 2.24) is 15.1 Å². The highest BCUT2D eigenvalue weighted by Crippen LogP contribution is 2.29. The van der Waals surface area contributed by atoms with Gasteiger partial charge in [0.15, 0.2) is 0 Å². The Morgan fingerprint density at radius 3 is 2.31 bits per heavy atom. The van der Waals surface area contributed by atoms with Crippen molar-refractivity contribution in [3.63, 3.8) is 0 Å². The lowest BCUT2D eigenvalue weighted by Gasteiger charge is -2.38. The highest BCUT2D eigenvalue weighted by Gasteiger charge is 2.24. The number of carbonyl (C=O) groups excluding carboxylic acids is 1. The van der Waals surface area contributed by atoms with Crippen molar-refractivity contribution in [1.29, 1.82) is 0 Å². The van der Waals surface area contributed by atoms with E-state index in [1.165, 1.54) is 5.56 Å². The van der Waals surface area contributed by atoms with Crippen LogP contribution in [-0.4, -0.2) is 83.9 Å². The van der Waals surface area contributed by atoms with Crippen LogP contribution in [0, 0.1) is 0 Å². The quantitative estimate of drug-likeness (QED) is 0.657. The van der Waals surface area contributed by atoms with Gasteiger partial charge in [0.25, 0.3) is 0 Å².